The zero-order valence-corrected chi connectivity index (χ0v) is 19.2. The van der Waals surface area contributed by atoms with E-state index in [9.17, 15) is 21.6 Å². The number of halogens is 3. The minimum Gasteiger partial charge on any atom is -0.497 e. The third kappa shape index (κ3) is 5.38. The first-order valence-electron chi connectivity index (χ1n) is 10.1. The van der Waals surface area contributed by atoms with Crippen molar-refractivity contribution in [2.45, 2.75) is 11.1 Å². The highest BCUT2D eigenvalue weighted by molar-refractivity contribution is 7.92. The Hall–Kier alpha value is -4.06. The summed E-state index contributed by atoms with van der Waals surface area (Å²) in [5.41, 5.74) is 0.408. The Morgan fingerprint density at radius 1 is 0.800 bits per heavy atom. The lowest BCUT2D eigenvalue weighted by molar-refractivity contribution is -0.137. The summed E-state index contributed by atoms with van der Waals surface area (Å²) < 4.78 is 77.4. The van der Waals surface area contributed by atoms with Gasteiger partial charge in [0.1, 0.15) is 11.5 Å². The van der Waals surface area contributed by atoms with Crippen molar-refractivity contribution in [2.75, 3.05) is 24.3 Å². The smallest absolute Gasteiger partial charge is 0.416 e. The van der Waals surface area contributed by atoms with Gasteiger partial charge in [-0.05, 0) is 36.4 Å². The van der Waals surface area contributed by atoms with Crippen LogP contribution in [0.25, 0.3) is 11.0 Å². The first-order valence-corrected chi connectivity index (χ1v) is 11.5. The molecule has 182 valence electrons. The fourth-order valence-corrected chi connectivity index (χ4v) is 4.19. The van der Waals surface area contributed by atoms with Crippen LogP contribution < -0.4 is 19.5 Å². The predicted molar refractivity (Wildman–Crippen MR) is 125 cm³/mol. The number of hydrogen-bond donors (Lipinski definition) is 2. The third-order valence-corrected chi connectivity index (χ3v) is 6.26. The van der Waals surface area contributed by atoms with Gasteiger partial charge in [-0.1, -0.05) is 12.1 Å². The number of hydrogen-bond acceptors (Lipinski definition) is 7. The molecule has 4 aromatic rings. The van der Waals surface area contributed by atoms with Crippen LogP contribution in [0.3, 0.4) is 0 Å². The van der Waals surface area contributed by atoms with E-state index in [1.807, 2.05) is 0 Å². The lowest BCUT2D eigenvalue weighted by Crippen LogP contribution is -2.16. The minimum absolute atomic E-state index is 0.0643. The molecule has 4 rings (SSSR count). The SMILES string of the molecule is COc1cc(Nc2nc3ccccc3nc2NS(=O)(=O)c2ccc(C(F)(F)F)cc2)cc(OC)c1. The number of ether oxygens (including phenoxy) is 2. The normalized spacial score (nSPS) is 11.8. The summed E-state index contributed by atoms with van der Waals surface area (Å²) in [6, 6.07) is 14.9. The Morgan fingerprint density at radius 3 is 1.86 bits per heavy atom. The first-order chi connectivity index (χ1) is 16.6. The number of alkyl halides is 3. The van der Waals surface area contributed by atoms with Gasteiger partial charge in [0.05, 0.1) is 35.7 Å². The number of rotatable bonds is 7. The maximum absolute atomic E-state index is 13.0. The zero-order chi connectivity index (χ0) is 25.2. The molecule has 0 saturated carbocycles. The van der Waals surface area contributed by atoms with Gasteiger partial charge in [0.2, 0.25) is 0 Å². The van der Waals surface area contributed by atoms with E-state index in [1.54, 1.807) is 42.5 Å². The molecule has 2 N–H and O–H groups in total. The Bertz CT molecular complexity index is 1450. The molecule has 8 nitrogen and oxygen atoms in total. The van der Waals surface area contributed by atoms with Crippen molar-refractivity contribution in [3.05, 3.63) is 72.3 Å². The van der Waals surface area contributed by atoms with E-state index in [0.717, 1.165) is 12.1 Å². The summed E-state index contributed by atoms with van der Waals surface area (Å²) in [4.78, 5) is 8.47. The van der Waals surface area contributed by atoms with E-state index in [-0.39, 0.29) is 16.5 Å². The van der Waals surface area contributed by atoms with Gasteiger partial charge in [-0.15, -0.1) is 0 Å². The second-order valence-electron chi connectivity index (χ2n) is 7.26. The lowest BCUT2D eigenvalue weighted by atomic mass is 10.2. The molecule has 0 unspecified atom stereocenters. The van der Waals surface area contributed by atoms with Crippen molar-refractivity contribution >= 4 is 38.4 Å². The Morgan fingerprint density at radius 2 is 1.34 bits per heavy atom. The van der Waals surface area contributed by atoms with Gasteiger partial charge in [0, 0.05) is 23.9 Å². The van der Waals surface area contributed by atoms with Crippen LogP contribution in [-0.4, -0.2) is 32.6 Å². The molecule has 0 aliphatic carbocycles. The van der Waals surface area contributed by atoms with Gasteiger partial charge in [-0.3, -0.25) is 4.72 Å². The summed E-state index contributed by atoms with van der Waals surface area (Å²) in [6.07, 6.45) is -4.59. The summed E-state index contributed by atoms with van der Waals surface area (Å²) in [7, 11) is -1.33. The van der Waals surface area contributed by atoms with Gasteiger partial charge in [0.15, 0.2) is 11.6 Å². The predicted octanol–water partition coefficient (Wildman–Crippen LogP) is 5.21. The largest absolute Gasteiger partial charge is 0.497 e. The second-order valence-corrected chi connectivity index (χ2v) is 8.95. The van der Waals surface area contributed by atoms with Crippen LogP contribution in [0.5, 0.6) is 11.5 Å². The molecule has 3 aromatic carbocycles. The van der Waals surface area contributed by atoms with E-state index >= 15 is 0 Å². The summed E-state index contributed by atoms with van der Waals surface area (Å²) in [5.74, 6) is 0.875. The molecule has 1 heterocycles. The maximum atomic E-state index is 13.0. The first kappa shape index (κ1) is 24.1. The molecule has 0 saturated heterocycles. The van der Waals surface area contributed by atoms with E-state index in [4.69, 9.17) is 9.47 Å². The quantitative estimate of drug-likeness (QED) is 0.356. The molecule has 0 amide bonds. The van der Waals surface area contributed by atoms with Crippen molar-refractivity contribution in [3.63, 3.8) is 0 Å². The van der Waals surface area contributed by atoms with Crippen LogP contribution in [0.15, 0.2) is 71.6 Å². The van der Waals surface area contributed by atoms with E-state index in [2.05, 4.69) is 20.0 Å². The average Bonchev–Trinajstić information content (AvgIpc) is 2.83. The Labute approximate surface area is 198 Å². The topological polar surface area (TPSA) is 102 Å². The van der Waals surface area contributed by atoms with Gasteiger partial charge in [0.25, 0.3) is 10.0 Å². The third-order valence-electron chi connectivity index (χ3n) is 4.91. The molecule has 0 spiro atoms. The maximum Gasteiger partial charge on any atom is 0.416 e. The van der Waals surface area contributed by atoms with Crippen LogP contribution in [0.2, 0.25) is 0 Å². The fourth-order valence-electron chi connectivity index (χ4n) is 3.18. The fraction of sp³-hybridized carbons (Fsp3) is 0.130. The number of sulfonamides is 1. The summed E-state index contributed by atoms with van der Waals surface area (Å²) >= 11 is 0. The van der Waals surface area contributed by atoms with Crippen molar-refractivity contribution in [1.82, 2.24) is 9.97 Å². The molecule has 0 aliphatic heterocycles. The van der Waals surface area contributed by atoms with Crippen LogP contribution in [0.4, 0.5) is 30.5 Å². The standard InChI is InChI=1S/C23H19F3N4O4S/c1-33-16-11-15(12-17(13-16)34-2)27-21-22(29-20-6-4-3-5-19(20)28-21)30-35(31,32)18-9-7-14(8-10-18)23(24,25)26/h3-13H,1-2H3,(H,27,28)(H,29,30). The van der Waals surface area contributed by atoms with Crippen LogP contribution in [-0.2, 0) is 16.2 Å². The van der Waals surface area contributed by atoms with E-state index < -0.39 is 21.8 Å². The molecule has 0 atom stereocenters. The Balaban J connectivity index is 1.75. The van der Waals surface area contributed by atoms with Crippen LogP contribution in [0, 0.1) is 0 Å². The highest BCUT2D eigenvalue weighted by atomic mass is 32.2. The zero-order valence-electron chi connectivity index (χ0n) is 18.4. The summed E-state index contributed by atoms with van der Waals surface area (Å²) in [6.45, 7) is 0. The number of nitrogens with one attached hydrogen (secondary N) is 2. The molecule has 12 heteroatoms. The van der Waals surface area contributed by atoms with E-state index in [1.165, 1.54) is 14.2 Å². The monoisotopic (exact) mass is 504 g/mol. The molecular formula is C23H19F3N4O4S. The molecule has 35 heavy (non-hydrogen) atoms. The molecule has 0 radical (unpaired) electrons. The van der Waals surface area contributed by atoms with E-state index in [0.29, 0.717) is 40.4 Å². The molecular weight excluding hydrogens is 485 g/mol. The van der Waals surface area contributed by atoms with Gasteiger partial charge >= 0.3 is 6.18 Å². The number of benzene rings is 3. The Kier molecular flexibility index (Phi) is 6.39. The highest BCUT2D eigenvalue weighted by Gasteiger charge is 2.31. The molecule has 0 fully saturated rings. The number of anilines is 3. The lowest BCUT2D eigenvalue weighted by Gasteiger charge is -2.15. The average molecular weight is 504 g/mol. The number of nitrogens with zero attached hydrogens (tertiary/aromatic N) is 2. The van der Waals surface area contributed by atoms with Crippen LogP contribution >= 0.6 is 0 Å². The number of para-hydroxylation sites is 2. The molecule has 0 aliphatic rings. The summed E-state index contributed by atoms with van der Waals surface area (Å²) in [5, 5.41) is 3.01. The van der Waals surface area contributed by atoms with Gasteiger partial charge in [-0.25, -0.2) is 18.4 Å². The van der Waals surface area contributed by atoms with Crippen molar-refractivity contribution in [1.29, 1.82) is 0 Å². The van der Waals surface area contributed by atoms with Gasteiger partial charge in [-0.2, -0.15) is 13.2 Å². The van der Waals surface area contributed by atoms with Crippen LogP contribution in [0.1, 0.15) is 5.56 Å². The number of aromatic nitrogens is 2. The number of fused-ring (bicyclic) bond motifs is 1. The van der Waals surface area contributed by atoms with Crippen molar-refractivity contribution in [2.24, 2.45) is 0 Å². The molecule has 1 aromatic heterocycles. The number of methoxy groups -OCH3 is 2. The highest BCUT2D eigenvalue weighted by Crippen LogP contribution is 2.32. The minimum atomic E-state index is -4.59. The molecule has 0 bridgehead atoms. The second kappa shape index (κ2) is 9.29. The van der Waals surface area contributed by atoms with Gasteiger partial charge < -0.3 is 14.8 Å². The van der Waals surface area contributed by atoms with Crippen molar-refractivity contribution < 1.29 is 31.1 Å². The van der Waals surface area contributed by atoms with Crippen molar-refractivity contribution in [3.8, 4) is 11.5 Å².